The fourth-order valence-electron chi connectivity index (χ4n) is 2.83. The number of nitrogens with zero attached hydrogens (tertiary/aromatic N) is 3. The van der Waals surface area contributed by atoms with Crippen molar-refractivity contribution in [1.29, 1.82) is 5.26 Å². The van der Waals surface area contributed by atoms with Crippen molar-refractivity contribution in [2.75, 3.05) is 26.2 Å². The van der Waals surface area contributed by atoms with E-state index in [1.807, 2.05) is 6.07 Å². The van der Waals surface area contributed by atoms with Crippen molar-refractivity contribution in [2.45, 2.75) is 32.5 Å². The highest BCUT2D eigenvalue weighted by Gasteiger charge is 2.24. The Hall–Kier alpha value is -1.48. The molecule has 21 heavy (non-hydrogen) atoms. The molecule has 0 saturated carbocycles. The first kappa shape index (κ1) is 15.9. The number of halogens is 1. The first-order valence-electron chi connectivity index (χ1n) is 7.32. The predicted molar refractivity (Wildman–Crippen MR) is 79.1 cm³/mol. The average Bonchev–Trinajstić information content (AvgIpc) is 2.44. The maximum absolute atomic E-state index is 13.8. The molecule has 4 nitrogen and oxygen atoms in total. The highest BCUT2D eigenvalue weighted by Crippen LogP contribution is 2.16. The van der Waals surface area contributed by atoms with Crippen LogP contribution >= 0.6 is 0 Å². The largest absolute Gasteiger partial charge is 0.392 e. The Morgan fingerprint density at radius 2 is 2.24 bits per heavy atom. The van der Waals surface area contributed by atoms with E-state index in [1.54, 1.807) is 13.0 Å². The molecule has 5 heteroatoms. The van der Waals surface area contributed by atoms with E-state index in [2.05, 4.69) is 16.7 Å². The molecule has 2 atom stereocenters. The van der Waals surface area contributed by atoms with E-state index in [-0.39, 0.29) is 11.9 Å². The number of rotatable bonds is 4. The van der Waals surface area contributed by atoms with Gasteiger partial charge in [-0.05, 0) is 32.0 Å². The molecule has 1 aromatic rings. The molecule has 0 aliphatic carbocycles. The van der Waals surface area contributed by atoms with Gasteiger partial charge in [0.2, 0.25) is 0 Å². The lowest BCUT2D eigenvalue weighted by atomic mass is 10.1. The molecule has 0 radical (unpaired) electrons. The molecule has 1 aliphatic heterocycles. The van der Waals surface area contributed by atoms with Gasteiger partial charge in [0.1, 0.15) is 5.82 Å². The van der Waals surface area contributed by atoms with Gasteiger partial charge in [0.25, 0.3) is 0 Å². The maximum Gasteiger partial charge on any atom is 0.127 e. The Morgan fingerprint density at radius 3 is 2.86 bits per heavy atom. The number of hydrogen-bond donors (Lipinski definition) is 1. The van der Waals surface area contributed by atoms with Crippen LogP contribution in [0.3, 0.4) is 0 Å². The van der Waals surface area contributed by atoms with E-state index in [1.165, 1.54) is 12.1 Å². The van der Waals surface area contributed by atoms with Crippen molar-refractivity contribution in [2.24, 2.45) is 0 Å². The Balaban J connectivity index is 1.98. The van der Waals surface area contributed by atoms with Crippen LogP contribution in [0, 0.1) is 17.1 Å². The molecule has 1 N–H and O–H groups in total. The van der Waals surface area contributed by atoms with Gasteiger partial charge >= 0.3 is 0 Å². The summed E-state index contributed by atoms with van der Waals surface area (Å²) in [5.41, 5.74) is 1.07. The molecule has 0 amide bonds. The normalized spacial score (nSPS) is 22.0. The minimum absolute atomic E-state index is 0.256. The zero-order valence-electron chi connectivity index (χ0n) is 12.6. The van der Waals surface area contributed by atoms with Crippen molar-refractivity contribution in [3.8, 4) is 6.07 Å². The smallest absolute Gasteiger partial charge is 0.127 e. The minimum Gasteiger partial charge on any atom is -0.392 e. The van der Waals surface area contributed by atoms with E-state index >= 15 is 0 Å². The Bertz CT molecular complexity index is 527. The quantitative estimate of drug-likeness (QED) is 0.915. The summed E-state index contributed by atoms with van der Waals surface area (Å²) >= 11 is 0. The summed E-state index contributed by atoms with van der Waals surface area (Å²) in [4.78, 5) is 4.45. The van der Waals surface area contributed by atoms with Crippen LogP contribution in [0.4, 0.5) is 4.39 Å². The van der Waals surface area contributed by atoms with Gasteiger partial charge in [-0.25, -0.2) is 4.39 Å². The molecule has 2 rings (SSSR count). The van der Waals surface area contributed by atoms with E-state index < -0.39 is 0 Å². The number of benzene rings is 1. The van der Waals surface area contributed by atoms with E-state index in [0.29, 0.717) is 30.3 Å². The van der Waals surface area contributed by atoms with Crippen molar-refractivity contribution >= 4 is 0 Å². The van der Waals surface area contributed by atoms with E-state index in [9.17, 15) is 9.50 Å². The Morgan fingerprint density at radius 1 is 1.48 bits per heavy atom. The second-order valence-corrected chi connectivity index (χ2v) is 5.85. The fourth-order valence-corrected chi connectivity index (χ4v) is 2.83. The van der Waals surface area contributed by atoms with Gasteiger partial charge < -0.3 is 5.11 Å². The second-order valence-electron chi connectivity index (χ2n) is 5.85. The summed E-state index contributed by atoms with van der Waals surface area (Å²) in [5, 5.41) is 18.4. The number of piperazine rings is 1. The third kappa shape index (κ3) is 4.24. The molecule has 1 aromatic carbocycles. The average molecular weight is 291 g/mol. The highest BCUT2D eigenvalue weighted by molar-refractivity contribution is 5.33. The van der Waals surface area contributed by atoms with Crippen molar-refractivity contribution in [3.05, 3.63) is 35.1 Å². The number of hydrogen-bond acceptors (Lipinski definition) is 4. The Kier molecular flexibility index (Phi) is 5.29. The summed E-state index contributed by atoms with van der Waals surface area (Å²) in [6, 6.07) is 6.87. The van der Waals surface area contributed by atoms with Crippen molar-refractivity contribution in [1.82, 2.24) is 9.80 Å². The molecule has 1 saturated heterocycles. The lowest BCUT2D eigenvalue weighted by Crippen LogP contribution is -2.53. The highest BCUT2D eigenvalue weighted by atomic mass is 19.1. The molecule has 0 bridgehead atoms. The van der Waals surface area contributed by atoms with E-state index in [0.717, 1.165) is 19.6 Å². The third-order valence-corrected chi connectivity index (χ3v) is 3.92. The third-order valence-electron chi connectivity index (χ3n) is 3.92. The van der Waals surface area contributed by atoms with Gasteiger partial charge in [0.05, 0.1) is 17.7 Å². The fraction of sp³-hybridized carbons (Fsp3) is 0.562. The summed E-state index contributed by atoms with van der Waals surface area (Å²) < 4.78 is 13.8. The summed E-state index contributed by atoms with van der Waals surface area (Å²) in [7, 11) is 0. The number of aliphatic hydroxyl groups excluding tert-OH is 1. The molecule has 1 heterocycles. The van der Waals surface area contributed by atoms with Gasteiger partial charge in [-0.3, -0.25) is 9.80 Å². The molecular weight excluding hydrogens is 269 g/mol. The zero-order chi connectivity index (χ0) is 15.4. The van der Waals surface area contributed by atoms with Crippen LogP contribution in [0.5, 0.6) is 0 Å². The topological polar surface area (TPSA) is 50.5 Å². The van der Waals surface area contributed by atoms with Crippen LogP contribution in [0.1, 0.15) is 25.0 Å². The molecule has 0 aromatic heterocycles. The van der Waals surface area contributed by atoms with E-state index in [4.69, 9.17) is 5.26 Å². The Labute approximate surface area is 125 Å². The SMILES string of the molecule is C[C@@H]1CN(Cc2cc(C#N)ccc2F)CCN1C[C@@H](C)O. The zero-order valence-corrected chi connectivity index (χ0v) is 12.6. The van der Waals surface area contributed by atoms with Gasteiger partial charge in [0.15, 0.2) is 0 Å². The standard InChI is InChI=1S/C16H22FN3O/c1-12-9-19(5-6-20(12)10-13(2)21)11-15-7-14(8-18)3-4-16(15)17/h3-4,7,12-13,21H,5-6,9-11H2,1-2H3/t12-,13-/m1/s1. The maximum atomic E-state index is 13.8. The van der Waals surface area contributed by atoms with Gasteiger partial charge in [-0.1, -0.05) is 0 Å². The van der Waals surface area contributed by atoms with Crippen LogP contribution in [0.15, 0.2) is 18.2 Å². The molecule has 114 valence electrons. The summed E-state index contributed by atoms with van der Waals surface area (Å²) in [6.45, 7) is 7.65. The van der Waals surface area contributed by atoms with Gasteiger partial charge in [-0.15, -0.1) is 0 Å². The lowest BCUT2D eigenvalue weighted by molar-refractivity contribution is 0.0419. The minimum atomic E-state index is -0.330. The summed E-state index contributed by atoms with van der Waals surface area (Å²) in [5.74, 6) is -0.256. The molecule has 1 fully saturated rings. The first-order valence-corrected chi connectivity index (χ1v) is 7.32. The predicted octanol–water partition coefficient (Wildman–Crippen LogP) is 1.58. The summed E-state index contributed by atoms with van der Waals surface area (Å²) in [6.07, 6.45) is -0.330. The number of nitriles is 1. The molecular formula is C16H22FN3O. The van der Waals surface area contributed by atoms with Crippen molar-refractivity contribution in [3.63, 3.8) is 0 Å². The van der Waals surface area contributed by atoms with Gasteiger partial charge in [-0.2, -0.15) is 5.26 Å². The molecule has 1 aliphatic rings. The second kappa shape index (κ2) is 6.99. The first-order chi connectivity index (χ1) is 9.99. The van der Waals surface area contributed by atoms with Crippen LogP contribution in [0.2, 0.25) is 0 Å². The molecule has 0 unspecified atom stereocenters. The number of β-amino-alcohol motifs (C(OH)–C–C–N with tert-alkyl or cyclic N) is 1. The lowest BCUT2D eigenvalue weighted by Gasteiger charge is -2.40. The number of aliphatic hydroxyl groups is 1. The van der Waals surface area contributed by atoms with Gasteiger partial charge in [0, 0.05) is 44.3 Å². The van der Waals surface area contributed by atoms with Crippen molar-refractivity contribution < 1.29 is 9.50 Å². The van der Waals surface area contributed by atoms with Crippen LogP contribution in [-0.4, -0.2) is 53.2 Å². The van der Waals surface area contributed by atoms with Crippen LogP contribution < -0.4 is 0 Å². The van der Waals surface area contributed by atoms with Crippen LogP contribution in [-0.2, 0) is 6.54 Å². The monoisotopic (exact) mass is 291 g/mol. The van der Waals surface area contributed by atoms with Crippen LogP contribution in [0.25, 0.3) is 0 Å². The molecule has 0 spiro atoms.